The summed E-state index contributed by atoms with van der Waals surface area (Å²) in [4.78, 5) is 12.5. The van der Waals surface area contributed by atoms with E-state index in [0.717, 1.165) is 17.6 Å². The fourth-order valence-corrected chi connectivity index (χ4v) is 4.76. The summed E-state index contributed by atoms with van der Waals surface area (Å²) in [5.74, 6) is 0.525. The molecule has 0 aliphatic rings. The fourth-order valence-electron chi connectivity index (χ4n) is 3.45. The van der Waals surface area contributed by atoms with Crippen molar-refractivity contribution in [3.63, 3.8) is 0 Å². The van der Waals surface area contributed by atoms with Gasteiger partial charge in [0, 0.05) is 10.0 Å². The molecule has 0 unspecified atom stereocenters. The number of hydrogen-bond donors (Lipinski definition) is 1. The minimum absolute atomic E-state index is 0.0812. The van der Waals surface area contributed by atoms with Gasteiger partial charge in [0.05, 0.1) is 30.1 Å². The minimum atomic E-state index is -3.55. The van der Waals surface area contributed by atoms with Crippen LogP contribution in [-0.2, 0) is 22.0 Å². The molecular weight excluding hydrogens is 564 g/mol. The predicted molar refractivity (Wildman–Crippen MR) is 150 cm³/mol. The highest BCUT2D eigenvalue weighted by atomic mass is 79.9. The van der Waals surface area contributed by atoms with Crippen LogP contribution in [0.3, 0.4) is 0 Å². The number of carbonyl (C=O) groups is 1. The molecule has 0 aliphatic heterocycles. The number of carbonyl (C=O) groups excluding carboxylic acids is 1. The molecule has 192 valence electrons. The summed E-state index contributed by atoms with van der Waals surface area (Å²) in [5.41, 5.74) is 2.98. The largest absolute Gasteiger partial charge is 0.492 e. The molecule has 0 saturated heterocycles. The second-order valence-electron chi connectivity index (χ2n) is 9.44. The van der Waals surface area contributed by atoms with Crippen LogP contribution in [0.5, 0.6) is 5.75 Å². The van der Waals surface area contributed by atoms with Crippen molar-refractivity contribution in [1.29, 1.82) is 0 Å². The van der Waals surface area contributed by atoms with Crippen molar-refractivity contribution >= 4 is 49.1 Å². The summed E-state index contributed by atoms with van der Waals surface area (Å²) in [6.45, 7) is 7.29. The maximum atomic E-state index is 12.5. The number of anilines is 1. The van der Waals surface area contributed by atoms with Crippen molar-refractivity contribution in [3.05, 3.63) is 92.9 Å². The highest BCUT2D eigenvalue weighted by Gasteiger charge is 2.19. The molecule has 0 aliphatic carbocycles. The van der Waals surface area contributed by atoms with Crippen molar-refractivity contribution in [2.24, 2.45) is 0 Å². The standard InChI is InChI=1S/C27H30BrClN2O4S/c1-27(2,3)21-9-12-23(13-10-21)35-16-15-30-26(32)20-7-5-19(6-8-20)18-31(36(4,33)34)22-11-14-24(28)25(29)17-22/h5-14,17H,15-16,18H2,1-4H3,(H,30,32). The van der Waals surface area contributed by atoms with E-state index in [1.54, 1.807) is 42.5 Å². The van der Waals surface area contributed by atoms with Gasteiger partial charge in [0.25, 0.3) is 5.91 Å². The SMILES string of the molecule is CC(C)(C)c1ccc(OCCNC(=O)c2ccc(CN(c3ccc(Br)c(Cl)c3)S(C)(=O)=O)cc2)cc1. The first-order chi connectivity index (χ1) is 16.8. The fraction of sp³-hybridized carbons (Fsp3) is 0.296. The number of hydrogen-bond acceptors (Lipinski definition) is 4. The molecule has 0 radical (unpaired) electrons. The van der Waals surface area contributed by atoms with Crippen LogP contribution >= 0.6 is 27.5 Å². The van der Waals surface area contributed by atoms with E-state index < -0.39 is 10.0 Å². The van der Waals surface area contributed by atoms with E-state index in [1.807, 2.05) is 24.3 Å². The third-order valence-electron chi connectivity index (χ3n) is 5.51. The van der Waals surface area contributed by atoms with Crippen LogP contribution in [0.25, 0.3) is 0 Å². The molecule has 0 bridgehead atoms. The number of benzene rings is 3. The summed E-state index contributed by atoms with van der Waals surface area (Å²) in [5, 5.41) is 3.25. The van der Waals surface area contributed by atoms with E-state index in [9.17, 15) is 13.2 Å². The zero-order chi connectivity index (χ0) is 26.5. The summed E-state index contributed by atoms with van der Waals surface area (Å²) in [6, 6.07) is 19.8. The van der Waals surface area contributed by atoms with Gasteiger partial charge in [0.1, 0.15) is 12.4 Å². The lowest BCUT2D eigenvalue weighted by Crippen LogP contribution is -2.29. The van der Waals surface area contributed by atoms with Crippen LogP contribution in [0.15, 0.2) is 71.2 Å². The molecule has 0 saturated carbocycles. The number of nitrogens with zero attached hydrogens (tertiary/aromatic N) is 1. The van der Waals surface area contributed by atoms with Gasteiger partial charge in [-0.1, -0.05) is 56.6 Å². The van der Waals surface area contributed by atoms with Crippen LogP contribution in [0.2, 0.25) is 5.02 Å². The number of nitrogens with one attached hydrogen (secondary N) is 1. The van der Waals surface area contributed by atoms with E-state index in [2.05, 4.69) is 42.0 Å². The second-order valence-corrected chi connectivity index (χ2v) is 12.6. The average molecular weight is 594 g/mol. The Morgan fingerprint density at radius 3 is 2.22 bits per heavy atom. The number of sulfonamides is 1. The van der Waals surface area contributed by atoms with Crippen LogP contribution < -0.4 is 14.4 Å². The van der Waals surface area contributed by atoms with Crippen molar-refractivity contribution in [2.75, 3.05) is 23.7 Å². The smallest absolute Gasteiger partial charge is 0.251 e. The van der Waals surface area contributed by atoms with E-state index in [4.69, 9.17) is 16.3 Å². The third-order valence-corrected chi connectivity index (χ3v) is 7.88. The summed E-state index contributed by atoms with van der Waals surface area (Å²) < 4.78 is 32.5. The van der Waals surface area contributed by atoms with Crippen LogP contribution in [0.1, 0.15) is 42.3 Å². The van der Waals surface area contributed by atoms with Crippen LogP contribution in [-0.4, -0.2) is 33.7 Å². The molecule has 9 heteroatoms. The maximum Gasteiger partial charge on any atom is 0.251 e. The van der Waals surface area contributed by atoms with Gasteiger partial charge in [-0.25, -0.2) is 8.42 Å². The Bertz CT molecular complexity index is 1310. The van der Waals surface area contributed by atoms with Gasteiger partial charge in [-0.15, -0.1) is 0 Å². The molecule has 0 spiro atoms. The molecule has 0 atom stereocenters. The van der Waals surface area contributed by atoms with Crippen molar-refractivity contribution in [3.8, 4) is 5.75 Å². The normalized spacial score (nSPS) is 11.7. The third kappa shape index (κ3) is 7.72. The number of ether oxygens (including phenoxy) is 1. The molecule has 3 aromatic carbocycles. The lowest BCUT2D eigenvalue weighted by Gasteiger charge is -2.23. The molecular formula is C27H30BrClN2O4S. The molecule has 1 amide bonds. The molecule has 36 heavy (non-hydrogen) atoms. The zero-order valence-electron chi connectivity index (χ0n) is 20.7. The minimum Gasteiger partial charge on any atom is -0.492 e. The highest BCUT2D eigenvalue weighted by Crippen LogP contribution is 2.30. The van der Waals surface area contributed by atoms with Crippen molar-refractivity contribution in [2.45, 2.75) is 32.7 Å². The van der Waals surface area contributed by atoms with E-state index in [-0.39, 0.29) is 17.9 Å². The topological polar surface area (TPSA) is 75.7 Å². The Hall–Kier alpha value is -2.55. The van der Waals surface area contributed by atoms with Crippen LogP contribution in [0.4, 0.5) is 5.69 Å². The molecule has 3 aromatic rings. The zero-order valence-corrected chi connectivity index (χ0v) is 23.9. The summed E-state index contributed by atoms with van der Waals surface area (Å²) >= 11 is 9.47. The van der Waals surface area contributed by atoms with E-state index in [0.29, 0.717) is 33.9 Å². The van der Waals surface area contributed by atoms with Crippen molar-refractivity contribution in [1.82, 2.24) is 5.32 Å². The number of halogens is 2. The highest BCUT2D eigenvalue weighted by molar-refractivity contribution is 9.10. The van der Waals surface area contributed by atoms with Gasteiger partial charge in [-0.2, -0.15) is 0 Å². The molecule has 0 fully saturated rings. The van der Waals surface area contributed by atoms with E-state index >= 15 is 0 Å². The lowest BCUT2D eigenvalue weighted by atomic mass is 9.87. The van der Waals surface area contributed by atoms with Gasteiger partial charge >= 0.3 is 0 Å². The second kappa shape index (κ2) is 11.7. The summed E-state index contributed by atoms with van der Waals surface area (Å²) in [6.07, 6.45) is 1.14. The van der Waals surface area contributed by atoms with Gasteiger partial charge in [0.15, 0.2) is 0 Å². The number of rotatable bonds is 9. The maximum absolute atomic E-state index is 12.5. The Balaban J connectivity index is 1.55. The quantitative estimate of drug-likeness (QED) is 0.301. The Kier molecular flexibility index (Phi) is 9.08. The Morgan fingerprint density at radius 1 is 1.03 bits per heavy atom. The Morgan fingerprint density at radius 2 is 1.67 bits per heavy atom. The van der Waals surface area contributed by atoms with Gasteiger partial charge in [-0.05, 0) is 74.9 Å². The van der Waals surface area contributed by atoms with Crippen LogP contribution in [0, 0.1) is 0 Å². The first-order valence-electron chi connectivity index (χ1n) is 11.4. The lowest BCUT2D eigenvalue weighted by molar-refractivity contribution is 0.0947. The first kappa shape index (κ1) is 28.0. The molecule has 0 aromatic heterocycles. The predicted octanol–water partition coefficient (Wildman–Crippen LogP) is 6.18. The summed E-state index contributed by atoms with van der Waals surface area (Å²) in [7, 11) is -3.55. The van der Waals surface area contributed by atoms with Gasteiger partial charge in [-0.3, -0.25) is 9.10 Å². The molecule has 1 N–H and O–H groups in total. The molecule has 3 rings (SSSR count). The average Bonchev–Trinajstić information content (AvgIpc) is 2.81. The Labute approximate surface area is 226 Å². The number of amides is 1. The monoisotopic (exact) mass is 592 g/mol. The van der Waals surface area contributed by atoms with Gasteiger partial charge < -0.3 is 10.1 Å². The molecule has 0 heterocycles. The van der Waals surface area contributed by atoms with E-state index in [1.165, 1.54) is 9.87 Å². The molecule has 6 nitrogen and oxygen atoms in total. The van der Waals surface area contributed by atoms with Gasteiger partial charge in [0.2, 0.25) is 10.0 Å². The first-order valence-corrected chi connectivity index (χ1v) is 14.4. The van der Waals surface area contributed by atoms with Crippen molar-refractivity contribution < 1.29 is 17.9 Å².